The summed E-state index contributed by atoms with van der Waals surface area (Å²) < 4.78 is 4.09. The molecule has 106 valence electrons. The Bertz CT molecular complexity index is 941. The first-order valence-corrected chi connectivity index (χ1v) is 7.22. The molecule has 3 aromatic rings. The van der Waals surface area contributed by atoms with Crippen LogP contribution in [0.1, 0.15) is 18.2 Å². The summed E-state index contributed by atoms with van der Waals surface area (Å²) in [6.45, 7) is 2.04. The molecule has 5 nitrogen and oxygen atoms in total. The van der Waals surface area contributed by atoms with Crippen molar-refractivity contribution in [3.05, 3.63) is 39.3 Å². The number of hydrogen-bond donors (Lipinski definition) is 1. The molecule has 0 amide bonds. The second kappa shape index (κ2) is 5.02. The molecule has 0 unspecified atom stereocenters. The molecular weight excluding hydrogens is 306 g/mol. The number of rotatable bonds is 2. The first kappa shape index (κ1) is 13.9. The van der Waals surface area contributed by atoms with Gasteiger partial charge in [0.15, 0.2) is 10.4 Å². The smallest absolute Gasteiger partial charge is 0.184 e. The van der Waals surface area contributed by atoms with Gasteiger partial charge in [-0.2, -0.15) is 10.4 Å². The summed E-state index contributed by atoms with van der Waals surface area (Å²) in [7, 11) is 1.86. The number of fused-ring (bicyclic) bond motifs is 1. The number of nitriles is 1. The lowest BCUT2D eigenvalue weighted by atomic mass is 10.2. The van der Waals surface area contributed by atoms with Crippen molar-refractivity contribution in [3.8, 4) is 11.8 Å². The van der Waals surface area contributed by atoms with Gasteiger partial charge in [-0.25, -0.2) is 4.68 Å². The van der Waals surface area contributed by atoms with Crippen LogP contribution in [0.5, 0.6) is 0 Å². The minimum absolute atomic E-state index is 0.510. The highest BCUT2D eigenvalue weighted by Gasteiger charge is 2.17. The monoisotopic (exact) mass is 317 g/mol. The number of nitrogens with one attached hydrogen (secondary N) is 1. The Balaban J connectivity index is 2.44. The predicted molar refractivity (Wildman–Crippen MR) is 84.3 cm³/mol. The lowest BCUT2D eigenvalue weighted by Crippen LogP contribution is -2.03. The van der Waals surface area contributed by atoms with Crippen LogP contribution in [0.25, 0.3) is 16.9 Å². The third-order valence-corrected chi connectivity index (χ3v) is 3.91. The van der Waals surface area contributed by atoms with Gasteiger partial charge in [-0.3, -0.25) is 4.57 Å². The molecule has 0 spiro atoms. The largest absolute Gasteiger partial charge is 0.327 e. The number of aromatic amines is 1. The topological polar surface area (TPSA) is 62.3 Å². The number of hydrogen-bond acceptors (Lipinski definition) is 3. The Morgan fingerprint density at radius 3 is 2.90 bits per heavy atom. The van der Waals surface area contributed by atoms with Crippen molar-refractivity contribution in [3.63, 3.8) is 0 Å². The van der Waals surface area contributed by atoms with E-state index in [9.17, 15) is 5.26 Å². The summed E-state index contributed by atoms with van der Waals surface area (Å²) in [4.78, 5) is 3.18. The Morgan fingerprint density at radius 1 is 1.48 bits per heavy atom. The highest BCUT2D eigenvalue weighted by molar-refractivity contribution is 7.71. The third kappa shape index (κ3) is 2.06. The zero-order valence-electron chi connectivity index (χ0n) is 11.5. The average molecular weight is 318 g/mol. The molecule has 0 saturated carbocycles. The molecule has 0 aliphatic rings. The summed E-state index contributed by atoms with van der Waals surface area (Å²) >= 11 is 11.5. The van der Waals surface area contributed by atoms with Crippen LogP contribution in [0, 0.1) is 16.1 Å². The van der Waals surface area contributed by atoms with E-state index in [1.807, 2.05) is 14.0 Å². The zero-order chi connectivity index (χ0) is 15.1. The van der Waals surface area contributed by atoms with Crippen molar-refractivity contribution in [1.82, 2.24) is 19.3 Å². The number of benzene rings is 1. The maximum atomic E-state index is 9.32. The summed E-state index contributed by atoms with van der Waals surface area (Å²) in [5.74, 6) is 0. The Labute approximate surface area is 131 Å². The molecule has 2 heterocycles. The molecule has 3 rings (SSSR count). The number of H-pyrrole nitrogens is 1. The third-order valence-electron chi connectivity index (χ3n) is 3.39. The standard InChI is InChI=1S/C14H12ClN5S/c1-3-10-12-13(19(2)18-10)20(14(21)17-12)11-6-9(15)5-4-8(11)7-16/h4-6H,3H2,1-2H3,(H,17,21). The van der Waals surface area contributed by atoms with Gasteiger partial charge in [0, 0.05) is 12.1 Å². The van der Waals surface area contributed by atoms with Crippen LogP contribution in [0.3, 0.4) is 0 Å². The molecule has 0 aliphatic heterocycles. The van der Waals surface area contributed by atoms with Crippen molar-refractivity contribution in [2.45, 2.75) is 13.3 Å². The molecule has 0 bridgehead atoms. The fourth-order valence-electron chi connectivity index (χ4n) is 2.47. The first-order chi connectivity index (χ1) is 10.1. The first-order valence-electron chi connectivity index (χ1n) is 6.43. The van der Waals surface area contributed by atoms with Gasteiger partial charge >= 0.3 is 0 Å². The van der Waals surface area contributed by atoms with Crippen LogP contribution >= 0.6 is 23.8 Å². The Hall–Kier alpha value is -2.10. The molecule has 2 aromatic heterocycles. The van der Waals surface area contributed by atoms with Gasteiger partial charge in [-0.15, -0.1) is 0 Å². The van der Waals surface area contributed by atoms with E-state index >= 15 is 0 Å². The predicted octanol–water partition coefficient (Wildman–Crippen LogP) is 3.51. The minimum Gasteiger partial charge on any atom is -0.327 e. The van der Waals surface area contributed by atoms with Gasteiger partial charge in [0.2, 0.25) is 0 Å². The van der Waals surface area contributed by atoms with E-state index in [0.717, 1.165) is 23.3 Å². The van der Waals surface area contributed by atoms with Crippen molar-refractivity contribution in [2.24, 2.45) is 7.05 Å². The van der Waals surface area contributed by atoms with Crippen molar-refractivity contribution < 1.29 is 0 Å². The second-order valence-electron chi connectivity index (χ2n) is 4.66. The van der Waals surface area contributed by atoms with E-state index in [0.29, 0.717) is 21.0 Å². The number of nitrogens with zero attached hydrogens (tertiary/aromatic N) is 4. The maximum Gasteiger partial charge on any atom is 0.184 e. The van der Waals surface area contributed by atoms with Gasteiger partial charge in [0.25, 0.3) is 0 Å². The lowest BCUT2D eigenvalue weighted by Gasteiger charge is -2.07. The molecule has 0 radical (unpaired) electrons. The molecule has 1 N–H and O–H groups in total. The number of aromatic nitrogens is 4. The van der Waals surface area contributed by atoms with Gasteiger partial charge in [0.1, 0.15) is 11.6 Å². The Kier molecular flexibility index (Phi) is 3.32. The van der Waals surface area contributed by atoms with Crippen LogP contribution in [0.2, 0.25) is 5.02 Å². The molecule has 1 aromatic carbocycles. The van der Waals surface area contributed by atoms with Crippen molar-refractivity contribution >= 4 is 35.0 Å². The normalized spacial score (nSPS) is 11.0. The van der Waals surface area contributed by atoms with Gasteiger partial charge in [0.05, 0.1) is 16.9 Å². The highest BCUT2D eigenvalue weighted by atomic mass is 35.5. The summed E-state index contributed by atoms with van der Waals surface area (Å²) in [6.07, 6.45) is 0.799. The quantitative estimate of drug-likeness (QED) is 0.736. The molecule has 0 fully saturated rings. The SMILES string of the molecule is CCc1nn(C)c2c1[nH]c(=S)n2-c1cc(Cl)ccc1C#N. The zero-order valence-corrected chi connectivity index (χ0v) is 13.1. The second-order valence-corrected chi connectivity index (χ2v) is 5.48. The molecule has 0 atom stereocenters. The fourth-order valence-corrected chi connectivity index (χ4v) is 2.92. The van der Waals surface area contributed by atoms with E-state index < -0.39 is 0 Å². The fraction of sp³-hybridized carbons (Fsp3) is 0.214. The van der Waals surface area contributed by atoms with Crippen LogP contribution in [0.15, 0.2) is 18.2 Å². The number of halogens is 1. The summed E-state index contributed by atoms with van der Waals surface area (Å²) in [5, 5.41) is 14.3. The maximum absolute atomic E-state index is 9.32. The average Bonchev–Trinajstić information content (AvgIpc) is 2.95. The molecule has 7 heteroatoms. The van der Waals surface area contributed by atoms with Crippen LogP contribution in [-0.4, -0.2) is 19.3 Å². The van der Waals surface area contributed by atoms with E-state index in [1.165, 1.54) is 0 Å². The van der Waals surface area contributed by atoms with Gasteiger partial charge in [-0.05, 0) is 36.8 Å². The van der Waals surface area contributed by atoms with Gasteiger partial charge in [-0.1, -0.05) is 18.5 Å². The summed E-state index contributed by atoms with van der Waals surface area (Å²) in [6, 6.07) is 7.29. The molecule has 21 heavy (non-hydrogen) atoms. The van der Waals surface area contributed by atoms with Crippen LogP contribution in [0.4, 0.5) is 0 Å². The van der Waals surface area contributed by atoms with E-state index in [4.69, 9.17) is 23.8 Å². The van der Waals surface area contributed by atoms with E-state index in [2.05, 4.69) is 16.2 Å². The highest BCUT2D eigenvalue weighted by Crippen LogP contribution is 2.26. The molecular formula is C14H12ClN5S. The van der Waals surface area contributed by atoms with Crippen molar-refractivity contribution in [1.29, 1.82) is 5.26 Å². The number of aryl methyl sites for hydroxylation is 2. The number of imidazole rings is 1. The Morgan fingerprint density at radius 2 is 2.24 bits per heavy atom. The van der Waals surface area contributed by atoms with Gasteiger partial charge < -0.3 is 4.98 Å². The van der Waals surface area contributed by atoms with E-state index in [1.54, 1.807) is 27.4 Å². The van der Waals surface area contributed by atoms with E-state index in [-0.39, 0.29) is 0 Å². The molecule has 0 aliphatic carbocycles. The van der Waals surface area contributed by atoms with Crippen molar-refractivity contribution in [2.75, 3.05) is 0 Å². The lowest BCUT2D eigenvalue weighted by molar-refractivity contribution is 0.748. The minimum atomic E-state index is 0.510. The van der Waals surface area contributed by atoms with Crippen LogP contribution in [-0.2, 0) is 13.5 Å². The van der Waals surface area contributed by atoms with Crippen LogP contribution < -0.4 is 0 Å². The summed E-state index contributed by atoms with van der Waals surface area (Å²) in [5.41, 5.74) is 3.84. The molecule has 0 saturated heterocycles.